The number of β-amino-alcohol motifs (C(OH)–C–C–N with tert-alkyl or cyclic N) is 1. The molecule has 5 heteroatoms. The molecule has 1 aromatic rings. The topological polar surface area (TPSA) is 61.8 Å². The number of nitrogens with zero attached hydrogens (tertiary/aromatic N) is 1. The quantitative estimate of drug-likeness (QED) is 0.824. The number of carbonyl (C=O) groups excluding carboxylic acids is 1. The maximum Gasteiger partial charge on any atom is 0.410 e. The van der Waals surface area contributed by atoms with Gasteiger partial charge in [-0.3, -0.25) is 0 Å². The lowest BCUT2D eigenvalue weighted by molar-refractivity contribution is 0.0970. The lowest BCUT2D eigenvalue weighted by Crippen LogP contribution is -2.36. The van der Waals surface area contributed by atoms with E-state index in [1.54, 1.807) is 7.05 Å². The van der Waals surface area contributed by atoms with Crippen LogP contribution in [0.1, 0.15) is 5.56 Å². The van der Waals surface area contributed by atoms with Crippen molar-refractivity contribution in [2.45, 2.75) is 18.8 Å². The van der Waals surface area contributed by atoms with Gasteiger partial charge in [0.15, 0.2) is 0 Å². The third-order valence-corrected chi connectivity index (χ3v) is 3.12. The molecule has 98 valence electrons. The summed E-state index contributed by atoms with van der Waals surface area (Å²) in [5, 5.41) is 12.7. The number of ether oxygens (including phenoxy) is 1. The van der Waals surface area contributed by atoms with Gasteiger partial charge in [0.1, 0.15) is 6.61 Å². The van der Waals surface area contributed by atoms with Crippen molar-refractivity contribution in [3.8, 4) is 0 Å². The van der Waals surface area contributed by atoms with Crippen molar-refractivity contribution in [1.82, 2.24) is 10.2 Å². The first-order valence-corrected chi connectivity index (χ1v) is 6.01. The number of aliphatic hydroxyl groups is 1. The minimum atomic E-state index is -0.528. The molecule has 1 aliphatic heterocycles. The van der Waals surface area contributed by atoms with Crippen molar-refractivity contribution in [1.29, 1.82) is 0 Å². The SMILES string of the molecule is CN[C@H]1CN(C(=O)OCc2ccccc2)C[C@@H]1O. The number of likely N-dealkylation sites (tertiary alicyclic amines) is 1. The highest BCUT2D eigenvalue weighted by Gasteiger charge is 2.33. The van der Waals surface area contributed by atoms with Gasteiger partial charge >= 0.3 is 6.09 Å². The fraction of sp³-hybridized carbons (Fsp3) is 0.462. The summed E-state index contributed by atoms with van der Waals surface area (Å²) in [6.45, 7) is 1.06. The average molecular weight is 250 g/mol. The van der Waals surface area contributed by atoms with Crippen LogP contribution in [0.2, 0.25) is 0 Å². The normalized spacial score (nSPS) is 23.1. The molecule has 2 rings (SSSR count). The first kappa shape index (κ1) is 12.9. The summed E-state index contributed by atoms with van der Waals surface area (Å²) in [6, 6.07) is 9.46. The number of benzene rings is 1. The van der Waals surface area contributed by atoms with E-state index in [1.807, 2.05) is 30.3 Å². The Hall–Kier alpha value is -1.59. The molecule has 0 saturated carbocycles. The molecule has 1 fully saturated rings. The Morgan fingerprint density at radius 1 is 1.44 bits per heavy atom. The third-order valence-electron chi connectivity index (χ3n) is 3.12. The van der Waals surface area contributed by atoms with Crippen LogP contribution in [0, 0.1) is 0 Å². The summed E-state index contributed by atoms with van der Waals surface area (Å²) in [5.74, 6) is 0. The van der Waals surface area contributed by atoms with E-state index in [1.165, 1.54) is 4.90 Å². The number of carbonyl (C=O) groups is 1. The summed E-state index contributed by atoms with van der Waals surface area (Å²) in [6.07, 6.45) is -0.907. The molecule has 0 spiro atoms. The summed E-state index contributed by atoms with van der Waals surface area (Å²) >= 11 is 0. The molecular weight excluding hydrogens is 232 g/mol. The first-order chi connectivity index (χ1) is 8.70. The molecule has 2 N–H and O–H groups in total. The van der Waals surface area contributed by atoms with Crippen LogP contribution in [-0.4, -0.2) is 48.4 Å². The van der Waals surface area contributed by atoms with Crippen LogP contribution in [0.25, 0.3) is 0 Å². The number of nitrogens with one attached hydrogen (secondary N) is 1. The largest absolute Gasteiger partial charge is 0.445 e. The van der Waals surface area contributed by atoms with E-state index >= 15 is 0 Å². The fourth-order valence-corrected chi connectivity index (χ4v) is 2.03. The molecule has 18 heavy (non-hydrogen) atoms. The summed E-state index contributed by atoms with van der Waals surface area (Å²) in [4.78, 5) is 13.3. The van der Waals surface area contributed by atoms with Gasteiger partial charge < -0.3 is 20.1 Å². The van der Waals surface area contributed by atoms with Crippen molar-refractivity contribution in [3.05, 3.63) is 35.9 Å². The Kier molecular flexibility index (Phi) is 4.17. The molecule has 1 heterocycles. The summed E-state index contributed by atoms with van der Waals surface area (Å²) in [5.41, 5.74) is 0.954. The Morgan fingerprint density at radius 3 is 2.78 bits per heavy atom. The second-order valence-electron chi connectivity index (χ2n) is 4.41. The minimum absolute atomic E-state index is 0.0747. The third kappa shape index (κ3) is 3.00. The Labute approximate surface area is 106 Å². The number of aliphatic hydroxyl groups excluding tert-OH is 1. The van der Waals surface area contributed by atoms with Crippen molar-refractivity contribution in [2.75, 3.05) is 20.1 Å². The van der Waals surface area contributed by atoms with E-state index < -0.39 is 6.10 Å². The van der Waals surface area contributed by atoms with Gasteiger partial charge in [-0.05, 0) is 12.6 Å². The molecule has 0 unspecified atom stereocenters. The maximum absolute atomic E-state index is 11.8. The second kappa shape index (κ2) is 5.84. The molecule has 0 aromatic heterocycles. The Bertz CT molecular complexity index is 396. The zero-order chi connectivity index (χ0) is 13.0. The highest BCUT2D eigenvalue weighted by Crippen LogP contribution is 2.12. The first-order valence-electron chi connectivity index (χ1n) is 6.01. The highest BCUT2D eigenvalue weighted by molar-refractivity contribution is 5.68. The van der Waals surface area contributed by atoms with E-state index in [2.05, 4.69) is 5.32 Å². The average Bonchev–Trinajstić information content (AvgIpc) is 2.78. The molecule has 0 aliphatic carbocycles. The molecule has 1 saturated heterocycles. The maximum atomic E-state index is 11.8. The van der Waals surface area contributed by atoms with E-state index in [4.69, 9.17) is 4.74 Å². The van der Waals surface area contributed by atoms with E-state index in [-0.39, 0.29) is 18.7 Å². The molecule has 5 nitrogen and oxygen atoms in total. The number of likely N-dealkylation sites (N-methyl/N-ethyl adjacent to an activating group) is 1. The zero-order valence-electron chi connectivity index (χ0n) is 10.4. The van der Waals surface area contributed by atoms with Crippen molar-refractivity contribution < 1.29 is 14.6 Å². The van der Waals surface area contributed by atoms with Gasteiger partial charge in [0.2, 0.25) is 0 Å². The highest BCUT2D eigenvalue weighted by atomic mass is 16.6. The second-order valence-corrected chi connectivity index (χ2v) is 4.41. The standard InChI is InChI=1S/C13H18N2O3/c1-14-11-7-15(8-12(11)16)13(17)18-9-10-5-3-2-4-6-10/h2-6,11-12,14,16H,7-9H2,1H3/t11-,12-/m0/s1. The van der Waals surface area contributed by atoms with Crippen LogP contribution in [0.4, 0.5) is 4.79 Å². The predicted octanol–water partition coefficient (Wildman–Crippen LogP) is 0.588. The Balaban J connectivity index is 1.82. The molecule has 0 radical (unpaired) electrons. The van der Waals surface area contributed by atoms with E-state index in [0.29, 0.717) is 13.1 Å². The smallest absolute Gasteiger partial charge is 0.410 e. The number of rotatable bonds is 3. The lowest BCUT2D eigenvalue weighted by Gasteiger charge is -2.15. The molecule has 1 amide bonds. The van der Waals surface area contributed by atoms with Crippen molar-refractivity contribution >= 4 is 6.09 Å². The molecule has 2 atom stereocenters. The summed E-state index contributed by atoms with van der Waals surface area (Å²) < 4.78 is 5.20. The number of hydrogen-bond donors (Lipinski definition) is 2. The van der Waals surface area contributed by atoms with Gasteiger partial charge in [-0.25, -0.2) is 4.79 Å². The number of amides is 1. The molecule has 1 aliphatic rings. The van der Waals surface area contributed by atoms with E-state index in [0.717, 1.165) is 5.56 Å². The van der Waals surface area contributed by atoms with Gasteiger partial charge in [0.05, 0.1) is 18.7 Å². The minimum Gasteiger partial charge on any atom is -0.445 e. The van der Waals surface area contributed by atoms with Gasteiger partial charge in [-0.2, -0.15) is 0 Å². The zero-order valence-corrected chi connectivity index (χ0v) is 10.4. The molecule has 1 aromatic carbocycles. The van der Waals surface area contributed by atoms with Crippen molar-refractivity contribution in [2.24, 2.45) is 0 Å². The van der Waals surface area contributed by atoms with Gasteiger partial charge in [-0.1, -0.05) is 30.3 Å². The fourth-order valence-electron chi connectivity index (χ4n) is 2.03. The van der Waals surface area contributed by atoms with Crippen LogP contribution in [0.5, 0.6) is 0 Å². The predicted molar refractivity (Wildman–Crippen MR) is 67.1 cm³/mol. The molecular formula is C13H18N2O3. The van der Waals surface area contributed by atoms with Gasteiger partial charge in [0, 0.05) is 6.54 Å². The molecule has 0 bridgehead atoms. The van der Waals surface area contributed by atoms with Crippen molar-refractivity contribution in [3.63, 3.8) is 0 Å². The summed E-state index contributed by atoms with van der Waals surface area (Å²) in [7, 11) is 1.77. The monoisotopic (exact) mass is 250 g/mol. The lowest BCUT2D eigenvalue weighted by atomic mass is 10.2. The van der Waals surface area contributed by atoms with Crippen LogP contribution in [-0.2, 0) is 11.3 Å². The van der Waals surface area contributed by atoms with Crippen LogP contribution < -0.4 is 5.32 Å². The van der Waals surface area contributed by atoms with Crippen LogP contribution >= 0.6 is 0 Å². The Morgan fingerprint density at radius 2 is 2.17 bits per heavy atom. The van der Waals surface area contributed by atoms with Gasteiger partial charge in [0.25, 0.3) is 0 Å². The van der Waals surface area contributed by atoms with E-state index in [9.17, 15) is 9.90 Å². The van der Waals surface area contributed by atoms with Crippen LogP contribution in [0.15, 0.2) is 30.3 Å². The number of hydrogen-bond acceptors (Lipinski definition) is 4. The van der Waals surface area contributed by atoms with Gasteiger partial charge in [-0.15, -0.1) is 0 Å². The van der Waals surface area contributed by atoms with Crippen LogP contribution in [0.3, 0.4) is 0 Å².